The van der Waals surface area contributed by atoms with Crippen LogP contribution in [0, 0.1) is 0 Å². The molecule has 0 aliphatic carbocycles. The molecule has 0 unspecified atom stereocenters. The van der Waals surface area contributed by atoms with E-state index in [1.54, 1.807) is 19.4 Å². The van der Waals surface area contributed by atoms with Gasteiger partial charge >= 0.3 is 0 Å². The fourth-order valence-electron chi connectivity index (χ4n) is 3.60. The lowest BCUT2D eigenvalue weighted by Crippen LogP contribution is -2.33. The maximum absolute atomic E-state index is 13.0. The number of rotatable bonds is 5. The summed E-state index contributed by atoms with van der Waals surface area (Å²) in [5, 5.41) is 8.79. The summed E-state index contributed by atoms with van der Waals surface area (Å²) in [6, 6.07) is 12.8. The molecule has 1 aromatic carbocycles. The maximum Gasteiger partial charge on any atom is 0.291 e. The number of aryl methyl sites for hydroxylation is 1. The summed E-state index contributed by atoms with van der Waals surface area (Å²) in [7, 11) is 1.62. The van der Waals surface area contributed by atoms with Crippen molar-refractivity contribution in [1.82, 2.24) is 24.6 Å². The fourth-order valence-corrected chi connectivity index (χ4v) is 3.60. The molecular formula is C21H21N5O2. The minimum atomic E-state index is -0.513. The van der Waals surface area contributed by atoms with Gasteiger partial charge < -0.3 is 9.88 Å². The van der Waals surface area contributed by atoms with Crippen molar-refractivity contribution in [2.24, 2.45) is 7.05 Å². The SMILES string of the molecule is CC[C@H](C(=O)NCc1ccccn1)n1c2ccccc2c2cnn(C)c(=O)c21. The van der Waals surface area contributed by atoms with Gasteiger partial charge in [-0.2, -0.15) is 5.10 Å². The molecule has 0 bridgehead atoms. The van der Waals surface area contributed by atoms with E-state index in [1.807, 2.05) is 54.0 Å². The van der Waals surface area contributed by atoms with E-state index in [0.29, 0.717) is 18.5 Å². The Morgan fingerprint density at radius 1 is 1.14 bits per heavy atom. The lowest BCUT2D eigenvalue weighted by atomic mass is 10.2. The lowest BCUT2D eigenvalue weighted by molar-refractivity contribution is -0.124. The molecule has 142 valence electrons. The van der Waals surface area contributed by atoms with Gasteiger partial charge in [0, 0.05) is 24.0 Å². The average molecular weight is 375 g/mol. The Morgan fingerprint density at radius 2 is 1.93 bits per heavy atom. The van der Waals surface area contributed by atoms with Gasteiger partial charge in [0.1, 0.15) is 11.6 Å². The molecule has 0 saturated carbocycles. The van der Waals surface area contributed by atoms with E-state index in [4.69, 9.17) is 0 Å². The van der Waals surface area contributed by atoms with Gasteiger partial charge in [0.25, 0.3) is 5.56 Å². The molecule has 4 rings (SSSR count). The van der Waals surface area contributed by atoms with Gasteiger partial charge in [-0.25, -0.2) is 4.68 Å². The van der Waals surface area contributed by atoms with Gasteiger partial charge in [-0.05, 0) is 24.6 Å². The van der Waals surface area contributed by atoms with Gasteiger partial charge in [-0.15, -0.1) is 0 Å². The Bertz CT molecular complexity index is 1210. The number of hydrogen-bond acceptors (Lipinski definition) is 4. The lowest BCUT2D eigenvalue weighted by Gasteiger charge is -2.19. The zero-order valence-corrected chi connectivity index (χ0v) is 15.8. The minimum absolute atomic E-state index is 0.144. The zero-order valence-electron chi connectivity index (χ0n) is 15.8. The molecule has 1 atom stereocenters. The number of aromatic nitrogens is 4. The van der Waals surface area contributed by atoms with Crippen LogP contribution in [0.5, 0.6) is 0 Å². The number of para-hydroxylation sites is 1. The van der Waals surface area contributed by atoms with Crippen LogP contribution in [0.1, 0.15) is 25.1 Å². The van der Waals surface area contributed by atoms with E-state index in [1.165, 1.54) is 4.68 Å². The van der Waals surface area contributed by atoms with E-state index in [0.717, 1.165) is 22.0 Å². The molecule has 0 fully saturated rings. The fraction of sp³-hybridized carbons (Fsp3) is 0.238. The van der Waals surface area contributed by atoms with Crippen LogP contribution in [-0.2, 0) is 18.4 Å². The second-order valence-electron chi connectivity index (χ2n) is 6.69. The van der Waals surface area contributed by atoms with Crippen molar-refractivity contribution in [3.05, 3.63) is 70.9 Å². The van der Waals surface area contributed by atoms with Gasteiger partial charge in [0.2, 0.25) is 5.91 Å². The van der Waals surface area contributed by atoms with Gasteiger partial charge in [-0.3, -0.25) is 14.6 Å². The smallest absolute Gasteiger partial charge is 0.291 e. The highest BCUT2D eigenvalue weighted by atomic mass is 16.2. The second kappa shape index (κ2) is 7.26. The monoisotopic (exact) mass is 375 g/mol. The molecule has 3 aromatic heterocycles. The standard InChI is InChI=1S/C21H21N5O2/c1-3-17(20(27)23-12-14-8-6-7-11-22-14)26-18-10-5-4-9-15(18)16-13-24-25(2)21(28)19(16)26/h4-11,13,17H,3,12H2,1-2H3,(H,23,27)/t17-/m1/s1. The number of nitrogens with one attached hydrogen (secondary N) is 1. The first-order valence-corrected chi connectivity index (χ1v) is 9.24. The highest BCUT2D eigenvalue weighted by Gasteiger charge is 2.25. The number of carbonyl (C=O) groups is 1. The van der Waals surface area contributed by atoms with Crippen molar-refractivity contribution < 1.29 is 4.79 Å². The largest absolute Gasteiger partial charge is 0.349 e. The molecule has 0 aliphatic rings. The van der Waals surface area contributed by atoms with Crippen LogP contribution >= 0.6 is 0 Å². The first-order chi connectivity index (χ1) is 13.6. The summed E-state index contributed by atoms with van der Waals surface area (Å²) in [6.07, 6.45) is 3.93. The number of hydrogen-bond donors (Lipinski definition) is 1. The molecule has 0 saturated heterocycles. The summed E-state index contributed by atoms with van der Waals surface area (Å²) < 4.78 is 3.15. The van der Waals surface area contributed by atoms with Crippen LogP contribution in [-0.4, -0.2) is 25.2 Å². The van der Waals surface area contributed by atoms with Crippen LogP contribution in [0.3, 0.4) is 0 Å². The Balaban J connectivity index is 1.82. The topological polar surface area (TPSA) is 81.8 Å². The van der Waals surface area contributed by atoms with Crippen LogP contribution in [0.25, 0.3) is 21.8 Å². The molecule has 0 spiro atoms. The number of fused-ring (bicyclic) bond motifs is 3. The highest BCUT2D eigenvalue weighted by Crippen LogP contribution is 2.30. The van der Waals surface area contributed by atoms with Crippen molar-refractivity contribution in [1.29, 1.82) is 0 Å². The Hall–Kier alpha value is -3.48. The molecule has 0 radical (unpaired) electrons. The molecule has 4 aromatic rings. The number of carbonyl (C=O) groups excluding carboxylic acids is 1. The Morgan fingerprint density at radius 3 is 2.68 bits per heavy atom. The van der Waals surface area contributed by atoms with E-state index in [9.17, 15) is 9.59 Å². The molecule has 7 heteroatoms. The van der Waals surface area contributed by atoms with E-state index in [-0.39, 0.29) is 11.5 Å². The summed E-state index contributed by atoms with van der Waals surface area (Å²) in [5.41, 5.74) is 1.92. The average Bonchev–Trinajstić information content (AvgIpc) is 3.06. The number of nitrogens with zero attached hydrogens (tertiary/aromatic N) is 4. The van der Waals surface area contributed by atoms with Crippen molar-refractivity contribution in [3.8, 4) is 0 Å². The number of pyridine rings is 1. The third-order valence-electron chi connectivity index (χ3n) is 4.98. The zero-order chi connectivity index (χ0) is 19.7. The summed E-state index contributed by atoms with van der Waals surface area (Å²) in [6.45, 7) is 2.28. The molecule has 1 amide bonds. The molecule has 0 aliphatic heterocycles. The number of amides is 1. The first kappa shape index (κ1) is 17.9. The van der Waals surface area contributed by atoms with Crippen LogP contribution < -0.4 is 10.9 Å². The van der Waals surface area contributed by atoms with Crippen molar-refractivity contribution in [3.63, 3.8) is 0 Å². The van der Waals surface area contributed by atoms with Gasteiger partial charge in [-0.1, -0.05) is 31.2 Å². The first-order valence-electron chi connectivity index (χ1n) is 9.24. The molecule has 7 nitrogen and oxygen atoms in total. The maximum atomic E-state index is 13.0. The van der Waals surface area contributed by atoms with Crippen molar-refractivity contribution >= 4 is 27.7 Å². The van der Waals surface area contributed by atoms with Gasteiger partial charge in [0.05, 0.1) is 24.0 Å². The van der Waals surface area contributed by atoms with Crippen molar-refractivity contribution in [2.45, 2.75) is 25.9 Å². The third kappa shape index (κ3) is 2.94. The van der Waals surface area contributed by atoms with E-state index in [2.05, 4.69) is 15.4 Å². The predicted octanol–water partition coefficient (Wildman–Crippen LogP) is 2.55. The molecule has 1 N–H and O–H groups in total. The van der Waals surface area contributed by atoms with Crippen molar-refractivity contribution in [2.75, 3.05) is 0 Å². The molecular weight excluding hydrogens is 354 g/mol. The quantitative estimate of drug-likeness (QED) is 0.581. The summed E-state index contributed by atoms with van der Waals surface area (Å²) in [4.78, 5) is 30.2. The highest BCUT2D eigenvalue weighted by molar-refractivity contribution is 6.08. The second-order valence-corrected chi connectivity index (χ2v) is 6.69. The number of benzene rings is 1. The van der Waals surface area contributed by atoms with E-state index >= 15 is 0 Å². The third-order valence-corrected chi connectivity index (χ3v) is 4.98. The van der Waals surface area contributed by atoms with Crippen LogP contribution in [0.4, 0.5) is 0 Å². The Labute approximate surface area is 161 Å². The molecule has 28 heavy (non-hydrogen) atoms. The normalized spacial score (nSPS) is 12.4. The van der Waals surface area contributed by atoms with Crippen LogP contribution in [0.15, 0.2) is 59.7 Å². The van der Waals surface area contributed by atoms with Gasteiger partial charge in [0.15, 0.2) is 0 Å². The summed E-state index contributed by atoms with van der Waals surface area (Å²) in [5.74, 6) is -0.144. The van der Waals surface area contributed by atoms with E-state index < -0.39 is 6.04 Å². The van der Waals surface area contributed by atoms with Crippen LogP contribution in [0.2, 0.25) is 0 Å². The molecule has 3 heterocycles. The Kier molecular flexibility index (Phi) is 4.65. The minimum Gasteiger partial charge on any atom is -0.349 e. The summed E-state index contributed by atoms with van der Waals surface area (Å²) >= 11 is 0. The predicted molar refractivity (Wildman–Crippen MR) is 108 cm³/mol.